The normalized spacial score (nSPS) is 10.9. The van der Waals surface area contributed by atoms with Gasteiger partial charge in [-0.2, -0.15) is 0 Å². The molecule has 3 rings (SSSR count). The second-order valence-electron chi connectivity index (χ2n) is 4.15. The maximum Gasteiger partial charge on any atom is 0.0467 e. The van der Waals surface area contributed by atoms with Crippen LogP contribution in [0.4, 0.5) is 0 Å². The molecule has 0 saturated heterocycles. The summed E-state index contributed by atoms with van der Waals surface area (Å²) in [5, 5.41) is 1.26. The molecule has 0 aliphatic heterocycles. The van der Waals surface area contributed by atoms with Crippen molar-refractivity contribution in [1.82, 2.24) is 4.98 Å². The zero-order chi connectivity index (χ0) is 11.7. The minimum absolute atomic E-state index is 1.18. The third-order valence-corrected chi connectivity index (χ3v) is 3.09. The molecule has 17 heavy (non-hydrogen) atoms. The van der Waals surface area contributed by atoms with Crippen molar-refractivity contribution in [2.24, 2.45) is 0 Å². The van der Waals surface area contributed by atoms with E-state index in [1.807, 2.05) is 0 Å². The zero-order valence-electron chi connectivity index (χ0n) is 9.77. The quantitative estimate of drug-likeness (QED) is 0.658. The average molecular weight is 220 g/mol. The molecule has 0 spiro atoms. The first kappa shape index (κ1) is 10.2. The first-order chi connectivity index (χ1) is 8.38. The topological polar surface area (TPSA) is 15.8 Å². The summed E-state index contributed by atoms with van der Waals surface area (Å²) in [4.78, 5) is 3.47. The fourth-order valence-corrected chi connectivity index (χ4v) is 2.21. The summed E-state index contributed by atoms with van der Waals surface area (Å²) in [5.41, 5.74) is 4.89. The lowest BCUT2D eigenvalue weighted by Gasteiger charge is -2.04. The molecule has 1 nitrogen and oxygen atoms in total. The highest BCUT2D eigenvalue weighted by atomic mass is 14.7. The van der Waals surface area contributed by atoms with Crippen molar-refractivity contribution in [1.29, 1.82) is 0 Å². The van der Waals surface area contributed by atoms with Gasteiger partial charge in [0.15, 0.2) is 0 Å². The predicted octanol–water partition coefficient (Wildman–Crippen LogP) is 4.41. The molecular formula is C16H14N. The van der Waals surface area contributed by atoms with Crippen LogP contribution in [0.2, 0.25) is 0 Å². The van der Waals surface area contributed by atoms with Crippen LogP contribution in [-0.2, 0) is 0 Å². The number of aromatic nitrogens is 1. The van der Waals surface area contributed by atoms with Crippen molar-refractivity contribution in [2.45, 2.75) is 6.92 Å². The molecule has 0 unspecified atom stereocenters. The molecule has 0 saturated carbocycles. The highest BCUT2D eigenvalue weighted by molar-refractivity contribution is 5.86. The standard InChI is InChI=1S/C16H14N/c1-2-12-7-3-5-9-14(12)16-11-13-8-4-6-10-15(13)17-16/h2-11,17H,1H3. The van der Waals surface area contributed by atoms with Crippen LogP contribution >= 0.6 is 0 Å². The molecule has 0 aliphatic rings. The van der Waals surface area contributed by atoms with Gasteiger partial charge in [0.25, 0.3) is 0 Å². The van der Waals surface area contributed by atoms with E-state index >= 15 is 0 Å². The number of hydrogen-bond donors (Lipinski definition) is 1. The van der Waals surface area contributed by atoms with Crippen molar-refractivity contribution < 1.29 is 0 Å². The van der Waals surface area contributed by atoms with Gasteiger partial charge >= 0.3 is 0 Å². The number of para-hydroxylation sites is 1. The summed E-state index contributed by atoms with van der Waals surface area (Å²) >= 11 is 0. The van der Waals surface area contributed by atoms with Crippen molar-refractivity contribution >= 4 is 10.9 Å². The van der Waals surface area contributed by atoms with Crippen LogP contribution < -0.4 is 0 Å². The second kappa shape index (κ2) is 4.10. The predicted molar refractivity (Wildman–Crippen MR) is 72.8 cm³/mol. The highest BCUT2D eigenvalue weighted by Crippen LogP contribution is 2.27. The lowest BCUT2D eigenvalue weighted by atomic mass is 10.0. The molecule has 1 heterocycles. The Hall–Kier alpha value is -2.02. The van der Waals surface area contributed by atoms with Crippen LogP contribution in [0.1, 0.15) is 12.5 Å². The second-order valence-corrected chi connectivity index (χ2v) is 4.15. The van der Waals surface area contributed by atoms with Gasteiger partial charge < -0.3 is 4.98 Å². The highest BCUT2D eigenvalue weighted by Gasteiger charge is 2.06. The molecule has 0 fully saturated rings. The Morgan fingerprint density at radius 1 is 0.941 bits per heavy atom. The minimum atomic E-state index is 1.18. The Morgan fingerprint density at radius 3 is 2.53 bits per heavy atom. The van der Waals surface area contributed by atoms with Crippen LogP contribution in [0.3, 0.4) is 0 Å². The Labute approximate surface area is 101 Å². The summed E-state index contributed by atoms with van der Waals surface area (Å²) in [6.45, 7) is 2.07. The molecule has 3 aromatic rings. The lowest BCUT2D eigenvalue weighted by molar-refractivity contribution is 1.38. The fraction of sp³-hybridized carbons (Fsp3) is 0.0625. The first-order valence-corrected chi connectivity index (χ1v) is 5.85. The SMILES string of the molecule is C[CH]c1ccccc1-c1cc2ccccc2[nH]1. The van der Waals surface area contributed by atoms with E-state index in [9.17, 15) is 0 Å². The molecular weight excluding hydrogens is 206 g/mol. The van der Waals surface area contributed by atoms with E-state index in [1.165, 1.54) is 27.7 Å². The Balaban J connectivity index is 2.20. The Kier molecular flexibility index (Phi) is 2.45. The largest absolute Gasteiger partial charge is 0.355 e. The molecule has 1 N–H and O–H groups in total. The molecule has 1 aromatic heterocycles. The molecule has 1 radical (unpaired) electrons. The number of benzene rings is 2. The smallest absolute Gasteiger partial charge is 0.0467 e. The van der Waals surface area contributed by atoms with Gasteiger partial charge in [0.2, 0.25) is 0 Å². The summed E-state index contributed by atoms with van der Waals surface area (Å²) in [5.74, 6) is 0. The number of fused-ring (bicyclic) bond motifs is 1. The summed E-state index contributed by atoms with van der Waals surface area (Å²) in [7, 11) is 0. The van der Waals surface area contributed by atoms with Gasteiger partial charge in [-0.1, -0.05) is 49.4 Å². The van der Waals surface area contributed by atoms with E-state index in [2.05, 4.69) is 72.9 Å². The molecule has 0 amide bonds. The first-order valence-electron chi connectivity index (χ1n) is 5.85. The number of H-pyrrole nitrogens is 1. The summed E-state index contributed by atoms with van der Waals surface area (Å²) in [6, 6.07) is 19.0. The van der Waals surface area contributed by atoms with Crippen LogP contribution in [0.5, 0.6) is 0 Å². The molecule has 0 bridgehead atoms. The third-order valence-electron chi connectivity index (χ3n) is 3.09. The van der Waals surface area contributed by atoms with Gasteiger partial charge in [-0.25, -0.2) is 0 Å². The van der Waals surface area contributed by atoms with E-state index in [0.29, 0.717) is 0 Å². The Bertz CT molecular complexity index is 616. The van der Waals surface area contributed by atoms with Gasteiger partial charge in [0, 0.05) is 22.2 Å². The number of aromatic amines is 1. The van der Waals surface area contributed by atoms with Gasteiger partial charge in [-0.3, -0.25) is 0 Å². The average Bonchev–Trinajstić information content (AvgIpc) is 2.82. The third kappa shape index (κ3) is 1.74. The minimum Gasteiger partial charge on any atom is -0.355 e. The van der Waals surface area contributed by atoms with Crippen LogP contribution in [-0.4, -0.2) is 4.98 Å². The van der Waals surface area contributed by atoms with Crippen molar-refractivity contribution in [3.8, 4) is 11.3 Å². The van der Waals surface area contributed by atoms with Crippen LogP contribution in [0, 0.1) is 6.42 Å². The van der Waals surface area contributed by atoms with E-state index in [1.54, 1.807) is 0 Å². The monoisotopic (exact) mass is 220 g/mol. The summed E-state index contributed by atoms with van der Waals surface area (Å²) < 4.78 is 0. The van der Waals surface area contributed by atoms with Gasteiger partial charge in [-0.05, 0) is 24.1 Å². The van der Waals surface area contributed by atoms with Crippen LogP contribution in [0.15, 0.2) is 54.6 Å². The fourth-order valence-electron chi connectivity index (χ4n) is 2.21. The van der Waals surface area contributed by atoms with Gasteiger partial charge in [0.1, 0.15) is 0 Å². The van der Waals surface area contributed by atoms with Crippen molar-refractivity contribution in [3.63, 3.8) is 0 Å². The van der Waals surface area contributed by atoms with Crippen LogP contribution in [0.25, 0.3) is 22.2 Å². The van der Waals surface area contributed by atoms with Crippen molar-refractivity contribution in [3.05, 3.63) is 66.6 Å². The van der Waals surface area contributed by atoms with Gasteiger partial charge in [0.05, 0.1) is 0 Å². The lowest BCUT2D eigenvalue weighted by Crippen LogP contribution is -1.84. The maximum absolute atomic E-state index is 3.47. The zero-order valence-corrected chi connectivity index (χ0v) is 9.77. The molecule has 0 aliphatic carbocycles. The van der Waals surface area contributed by atoms with E-state index in [4.69, 9.17) is 0 Å². The summed E-state index contributed by atoms with van der Waals surface area (Å²) in [6.07, 6.45) is 2.14. The van der Waals surface area contributed by atoms with Gasteiger partial charge in [-0.15, -0.1) is 0 Å². The Morgan fingerprint density at radius 2 is 1.71 bits per heavy atom. The molecule has 83 valence electrons. The molecule has 0 atom stereocenters. The maximum atomic E-state index is 3.47. The van der Waals surface area contributed by atoms with E-state index in [-0.39, 0.29) is 0 Å². The number of hydrogen-bond acceptors (Lipinski definition) is 0. The number of rotatable bonds is 2. The van der Waals surface area contributed by atoms with E-state index < -0.39 is 0 Å². The molecule has 2 aromatic carbocycles. The number of nitrogens with one attached hydrogen (secondary N) is 1. The molecule has 1 heteroatoms. The van der Waals surface area contributed by atoms with E-state index in [0.717, 1.165) is 0 Å². The van der Waals surface area contributed by atoms with Crippen molar-refractivity contribution in [2.75, 3.05) is 0 Å².